The van der Waals surface area contributed by atoms with Crippen LogP contribution in [0.2, 0.25) is 0 Å². The molecule has 0 aliphatic rings. The number of nitrogens with one attached hydrogen (secondary N) is 4. The highest BCUT2D eigenvalue weighted by Crippen LogP contribution is 2.16. The van der Waals surface area contributed by atoms with Gasteiger partial charge in [0.05, 0.1) is 6.54 Å². The Labute approximate surface area is 206 Å². The Balaban J connectivity index is 1.43. The van der Waals surface area contributed by atoms with Crippen molar-refractivity contribution in [1.82, 2.24) is 5.32 Å². The number of amides is 3. The van der Waals surface area contributed by atoms with E-state index >= 15 is 0 Å². The van der Waals surface area contributed by atoms with Gasteiger partial charge in [0.1, 0.15) is 0 Å². The summed E-state index contributed by atoms with van der Waals surface area (Å²) in [6.07, 6.45) is 3.02. The summed E-state index contributed by atoms with van der Waals surface area (Å²) in [5.74, 6) is -0.407. The highest BCUT2D eigenvalue weighted by atomic mass is 16.2. The third kappa shape index (κ3) is 8.97. The molecule has 0 fully saturated rings. The molecule has 7 heteroatoms. The summed E-state index contributed by atoms with van der Waals surface area (Å²) in [6.45, 7) is 2.80. The second kappa shape index (κ2) is 13.5. The van der Waals surface area contributed by atoms with Gasteiger partial charge in [0, 0.05) is 35.6 Å². The molecule has 0 radical (unpaired) electrons. The molecule has 3 aromatic carbocycles. The van der Waals surface area contributed by atoms with Gasteiger partial charge in [-0.3, -0.25) is 14.4 Å². The van der Waals surface area contributed by atoms with Crippen molar-refractivity contribution >= 4 is 34.8 Å². The Kier molecular flexibility index (Phi) is 9.87. The summed E-state index contributed by atoms with van der Waals surface area (Å²) in [5, 5.41) is 11.6. The van der Waals surface area contributed by atoms with Crippen molar-refractivity contribution < 1.29 is 14.4 Å². The fraction of sp³-hybridized carbons (Fsp3) is 0.250. The van der Waals surface area contributed by atoms with E-state index in [1.54, 1.807) is 48.5 Å². The van der Waals surface area contributed by atoms with Crippen LogP contribution < -0.4 is 21.3 Å². The highest BCUT2D eigenvalue weighted by Gasteiger charge is 2.08. The average Bonchev–Trinajstić information content (AvgIpc) is 2.87. The first-order chi connectivity index (χ1) is 17.0. The maximum Gasteiger partial charge on any atom is 0.251 e. The smallest absolute Gasteiger partial charge is 0.251 e. The van der Waals surface area contributed by atoms with Crippen molar-refractivity contribution in [3.8, 4) is 0 Å². The predicted molar refractivity (Wildman–Crippen MR) is 141 cm³/mol. The quantitative estimate of drug-likeness (QED) is 0.284. The van der Waals surface area contributed by atoms with Crippen LogP contribution in [0.4, 0.5) is 17.1 Å². The van der Waals surface area contributed by atoms with Crippen LogP contribution in [0, 0.1) is 0 Å². The van der Waals surface area contributed by atoms with E-state index in [-0.39, 0.29) is 24.3 Å². The number of carbonyl (C=O) groups is 3. The van der Waals surface area contributed by atoms with E-state index in [0.717, 1.165) is 24.1 Å². The normalized spacial score (nSPS) is 10.3. The van der Waals surface area contributed by atoms with Crippen LogP contribution in [0.3, 0.4) is 0 Å². The van der Waals surface area contributed by atoms with Gasteiger partial charge in [-0.1, -0.05) is 49.7 Å². The van der Waals surface area contributed by atoms with Gasteiger partial charge in [0.2, 0.25) is 11.8 Å². The van der Waals surface area contributed by atoms with Crippen LogP contribution in [0.25, 0.3) is 0 Å². The van der Waals surface area contributed by atoms with Crippen LogP contribution in [0.5, 0.6) is 0 Å². The first-order valence-electron chi connectivity index (χ1n) is 11.9. The SMILES string of the molecule is CCCCNC(=O)c1ccc(NCC(=O)Nc2cccc(NC(=O)CCc3ccccc3)c2)cc1. The van der Waals surface area contributed by atoms with Crippen LogP contribution in [-0.2, 0) is 16.0 Å². The minimum Gasteiger partial charge on any atom is -0.376 e. The third-order valence-corrected chi connectivity index (χ3v) is 5.33. The summed E-state index contributed by atoms with van der Waals surface area (Å²) in [4.78, 5) is 36.7. The van der Waals surface area contributed by atoms with Gasteiger partial charge < -0.3 is 21.3 Å². The second-order valence-electron chi connectivity index (χ2n) is 8.20. The Bertz CT molecular complexity index is 1110. The number of carbonyl (C=O) groups excluding carboxylic acids is 3. The van der Waals surface area contributed by atoms with Crippen LogP contribution in [0.15, 0.2) is 78.9 Å². The maximum atomic E-state index is 12.4. The second-order valence-corrected chi connectivity index (χ2v) is 8.20. The number of benzene rings is 3. The molecule has 0 saturated heterocycles. The molecule has 0 aliphatic carbocycles. The van der Waals surface area contributed by atoms with Gasteiger partial charge in [-0.25, -0.2) is 0 Å². The number of hydrogen-bond acceptors (Lipinski definition) is 4. The standard InChI is InChI=1S/C28H32N4O3/c1-2-3-18-29-28(35)22-13-15-23(16-14-22)30-20-27(34)32-25-11-7-10-24(19-25)31-26(33)17-12-21-8-5-4-6-9-21/h4-11,13-16,19,30H,2-3,12,17-18,20H2,1H3,(H,29,35)(H,31,33)(H,32,34). The summed E-state index contributed by atoms with van der Waals surface area (Å²) in [6, 6.07) is 23.9. The van der Waals surface area contributed by atoms with Gasteiger partial charge in [0.25, 0.3) is 5.91 Å². The molecule has 0 atom stereocenters. The molecule has 0 aromatic heterocycles. The monoisotopic (exact) mass is 472 g/mol. The lowest BCUT2D eigenvalue weighted by Gasteiger charge is -2.11. The molecule has 0 spiro atoms. The Morgan fingerprint density at radius 1 is 0.743 bits per heavy atom. The van der Waals surface area contributed by atoms with Crippen LogP contribution in [-0.4, -0.2) is 30.8 Å². The molecular formula is C28H32N4O3. The molecule has 182 valence electrons. The zero-order chi connectivity index (χ0) is 24.9. The fourth-order valence-electron chi connectivity index (χ4n) is 3.41. The van der Waals surface area contributed by atoms with E-state index in [9.17, 15) is 14.4 Å². The Morgan fingerprint density at radius 2 is 1.43 bits per heavy atom. The van der Waals surface area contributed by atoms with E-state index in [0.29, 0.717) is 36.3 Å². The molecule has 7 nitrogen and oxygen atoms in total. The van der Waals surface area contributed by atoms with E-state index in [1.807, 2.05) is 30.3 Å². The Hall–Kier alpha value is -4.13. The van der Waals surface area contributed by atoms with Crippen molar-refractivity contribution in [2.45, 2.75) is 32.6 Å². The van der Waals surface area contributed by atoms with E-state index in [1.165, 1.54) is 0 Å². The van der Waals surface area contributed by atoms with E-state index in [2.05, 4.69) is 28.2 Å². The predicted octanol–water partition coefficient (Wildman–Crippen LogP) is 4.84. The lowest BCUT2D eigenvalue weighted by atomic mass is 10.1. The van der Waals surface area contributed by atoms with Crippen LogP contribution in [0.1, 0.15) is 42.1 Å². The molecule has 0 saturated carbocycles. The van der Waals surface area contributed by atoms with Crippen molar-refractivity contribution in [3.05, 3.63) is 90.0 Å². The fourth-order valence-corrected chi connectivity index (χ4v) is 3.41. The van der Waals surface area contributed by atoms with E-state index < -0.39 is 0 Å². The number of unbranched alkanes of at least 4 members (excludes halogenated alkanes) is 1. The van der Waals surface area contributed by atoms with Crippen LogP contribution >= 0.6 is 0 Å². The van der Waals surface area contributed by atoms with Crippen molar-refractivity contribution in [2.75, 3.05) is 29.0 Å². The first-order valence-corrected chi connectivity index (χ1v) is 11.9. The van der Waals surface area contributed by atoms with Gasteiger partial charge in [0.15, 0.2) is 0 Å². The molecule has 3 amide bonds. The molecule has 35 heavy (non-hydrogen) atoms. The molecule has 0 bridgehead atoms. The number of rotatable bonds is 12. The van der Waals surface area contributed by atoms with Gasteiger partial charge in [-0.05, 0) is 60.9 Å². The van der Waals surface area contributed by atoms with Crippen molar-refractivity contribution in [1.29, 1.82) is 0 Å². The number of hydrogen-bond donors (Lipinski definition) is 4. The zero-order valence-corrected chi connectivity index (χ0v) is 20.0. The molecule has 3 rings (SSSR count). The lowest BCUT2D eigenvalue weighted by Crippen LogP contribution is -2.24. The lowest BCUT2D eigenvalue weighted by molar-refractivity contribution is -0.116. The van der Waals surface area contributed by atoms with Gasteiger partial charge in [-0.15, -0.1) is 0 Å². The molecule has 0 unspecified atom stereocenters. The van der Waals surface area contributed by atoms with Gasteiger partial charge in [-0.2, -0.15) is 0 Å². The summed E-state index contributed by atoms with van der Waals surface area (Å²) in [5.41, 5.74) is 3.66. The molecular weight excluding hydrogens is 440 g/mol. The van der Waals surface area contributed by atoms with E-state index in [4.69, 9.17) is 0 Å². The van der Waals surface area contributed by atoms with Crippen molar-refractivity contribution in [3.63, 3.8) is 0 Å². The third-order valence-electron chi connectivity index (χ3n) is 5.33. The van der Waals surface area contributed by atoms with Gasteiger partial charge >= 0.3 is 0 Å². The first kappa shape index (κ1) is 25.5. The van der Waals surface area contributed by atoms with Crippen molar-refractivity contribution in [2.24, 2.45) is 0 Å². The molecule has 3 aromatic rings. The number of anilines is 3. The number of aryl methyl sites for hydroxylation is 1. The summed E-state index contributed by atoms with van der Waals surface area (Å²) < 4.78 is 0. The highest BCUT2D eigenvalue weighted by molar-refractivity contribution is 5.96. The molecule has 0 heterocycles. The Morgan fingerprint density at radius 3 is 2.11 bits per heavy atom. The topological polar surface area (TPSA) is 99.3 Å². The zero-order valence-electron chi connectivity index (χ0n) is 20.0. The minimum absolute atomic E-state index is 0.0652. The summed E-state index contributed by atoms with van der Waals surface area (Å²) in [7, 11) is 0. The summed E-state index contributed by atoms with van der Waals surface area (Å²) >= 11 is 0. The molecule has 0 aliphatic heterocycles. The average molecular weight is 473 g/mol. The minimum atomic E-state index is -0.223. The largest absolute Gasteiger partial charge is 0.376 e. The maximum absolute atomic E-state index is 12.4. The molecule has 4 N–H and O–H groups in total.